The number of hydrogen-bond donors (Lipinski definition) is 8. The molecule has 3 aromatic carbocycles. The van der Waals surface area contributed by atoms with Crippen LogP contribution in [0.4, 0.5) is 0 Å². The lowest BCUT2D eigenvalue weighted by Gasteiger charge is -2.53. The molecule has 18 heteroatoms. The number of nitrogens with one attached hydrogen (secondary N) is 2. The Morgan fingerprint density at radius 1 is 1.06 bits per heavy atom. The predicted molar refractivity (Wildman–Crippen MR) is 276 cm³/mol. The number of aromatic hydroxyl groups is 1. The average Bonchev–Trinajstić information content (AvgIpc) is 3.90. The average molecular weight is 1020 g/mol. The number of hydrogen-bond acceptors (Lipinski definition) is 16. The van der Waals surface area contributed by atoms with E-state index >= 15 is 0 Å². The minimum absolute atomic E-state index is 0.0117. The smallest absolute Gasteiger partial charge is 0.335 e. The molecule has 4 heterocycles. The summed E-state index contributed by atoms with van der Waals surface area (Å²) in [5.41, 5.74) is 4.68. The molecule has 382 valence electrons. The molecule has 0 saturated carbocycles. The Morgan fingerprint density at radius 3 is 2.58 bits per heavy atom. The topological polar surface area (TPSA) is 252 Å². The third kappa shape index (κ3) is 12.4. The molecule has 2 saturated heterocycles. The molecule has 71 heavy (non-hydrogen) atoms. The van der Waals surface area contributed by atoms with Crippen molar-refractivity contribution in [3.8, 4) is 17.2 Å². The van der Waals surface area contributed by atoms with E-state index in [0.717, 1.165) is 37.9 Å². The van der Waals surface area contributed by atoms with E-state index in [1.54, 1.807) is 0 Å². The first-order valence-electron chi connectivity index (χ1n) is 24.3. The van der Waals surface area contributed by atoms with Crippen LogP contribution in [0.15, 0.2) is 89.4 Å². The van der Waals surface area contributed by atoms with Crippen LogP contribution in [0, 0.1) is 17.8 Å². The van der Waals surface area contributed by atoms with E-state index in [4.69, 9.17) is 24.7 Å². The maximum Gasteiger partial charge on any atom is 0.335 e. The summed E-state index contributed by atoms with van der Waals surface area (Å²) in [6.45, 7) is 6.82. The van der Waals surface area contributed by atoms with Crippen LogP contribution in [0.3, 0.4) is 0 Å². The first-order valence-corrected chi connectivity index (χ1v) is 26.8. The van der Waals surface area contributed by atoms with E-state index in [-0.39, 0.29) is 64.1 Å². The highest BCUT2D eigenvalue weighted by molar-refractivity contribution is 8.76. The second-order valence-corrected chi connectivity index (χ2v) is 20.9. The van der Waals surface area contributed by atoms with E-state index in [1.807, 2.05) is 6.21 Å². The molecule has 9 N–H and O–H groups in total. The zero-order valence-corrected chi connectivity index (χ0v) is 41.7. The lowest BCUT2D eigenvalue weighted by Crippen LogP contribution is -2.80. The van der Waals surface area contributed by atoms with Gasteiger partial charge in [-0.15, -0.1) is 0 Å². The van der Waals surface area contributed by atoms with Crippen LogP contribution in [0.2, 0.25) is 0 Å². The fraction of sp³-hybridized carbons (Fsp3) is 0.472. The Kier molecular flexibility index (Phi) is 18.9. The molecule has 7 rings (SSSR count). The zero-order valence-electron chi connectivity index (χ0n) is 40.1. The number of aldehydes is 1. The van der Waals surface area contributed by atoms with Crippen LogP contribution >= 0.6 is 21.6 Å². The highest BCUT2D eigenvalue weighted by Gasteiger charge is 2.69. The Labute approximate surface area is 422 Å². The maximum atomic E-state index is 13.5. The maximum absolute atomic E-state index is 13.5. The van der Waals surface area contributed by atoms with Gasteiger partial charge in [0.05, 0.1) is 17.7 Å². The Hall–Kier alpha value is -5.18. The van der Waals surface area contributed by atoms with Crippen molar-refractivity contribution >= 4 is 63.4 Å². The van der Waals surface area contributed by atoms with Gasteiger partial charge in [0.2, 0.25) is 12.4 Å². The summed E-state index contributed by atoms with van der Waals surface area (Å²) in [5, 5.41) is 63.3. The summed E-state index contributed by atoms with van der Waals surface area (Å²) in [6, 6.07) is 18.3. The highest BCUT2D eigenvalue weighted by Crippen LogP contribution is 2.46. The van der Waals surface area contributed by atoms with E-state index in [1.165, 1.54) is 101 Å². The number of primary amides is 1. The number of carbonyl (C=O) groups is 3. The monoisotopic (exact) mass is 1010 g/mol. The number of aliphatic hydroxyl groups is 3. The molecule has 9 unspecified atom stereocenters. The van der Waals surface area contributed by atoms with E-state index in [0.29, 0.717) is 24.4 Å². The summed E-state index contributed by atoms with van der Waals surface area (Å²) < 4.78 is 24.3. The normalized spacial score (nSPS) is 27.4. The summed E-state index contributed by atoms with van der Waals surface area (Å²) in [6.07, 6.45) is 8.56. The fourth-order valence-corrected chi connectivity index (χ4v) is 11.8. The molecule has 3 aromatic rings. The number of phenols is 1. The third-order valence-electron chi connectivity index (χ3n) is 13.8. The van der Waals surface area contributed by atoms with Crippen molar-refractivity contribution in [3.05, 3.63) is 107 Å². The fourth-order valence-electron chi connectivity index (χ4n) is 9.76. The van der Waals surface area contributed by atoms with Gasteiger partial charge in [0.25, 0.3) is 5.91 Å². The Bertz CT molecular complexity index is 2450. The van der Waals surface area contributed by atoms with Crippen LogP contribution in [-0.2, 0) is 30.3 Å². The molecule has 16 nitrogen and oxygen atoms in total. The van der Waals surface area contributed by atoms with Gasteiger partial charge in [-0.05, 0) is 110 Å². The van der Waals surface area contributed by atoms with Crippen molar-refractivity contribution in [2.75, 3.05) is 44.4 Å². The van der Waals surface area contributed by atoms with Crippen molar-refractivity contribution in [3.63, 3.8) is 0 Å². The number of rotatable bonds is 20. The lowest BCUT2D eigenvalue weighted by molar-refractivity contribution is -0.340. The molecule has 4 aliphatic heterocycles. The number of fused-ring (bicyclic) bond motifs is 2. The SMILES string of the molecule is CCCCCCNCCCc1ccccc1C=CCC(C)C1CNCC2(O)C(Oc3ccc4c(c3)OC(C(N)=O)C(c3ccc(O)cc3)=C4O)OC(C(=O)O)C(O)C2(C=O)OCSSCC1C1=CCN=C1. The van der Waals surface area contributed by atoms with Gasteiger partial charge in [0.15, 0.2) is 23.6 Å². The number of β-amino-alcohol motifs (C(OH)–C–C–N with tert-alkyl or cyclic N) is 1. The van der Waals surface area contributed by atoms with Crippen LogP contribution in [0.1, 0.15) is 74.6 Å². The highest BCUT2D eigenvalue weighted by atomic mass is 33.1. The molecule has 0 radical (unpaired) electrons. The number of ether oxygens (including phenoxy) is 4. The van der Waals surface area contributed by atoms with Gasteiger partial charge < -0.3 is 60.8 Å². The number of aliphatic hydroxyl groups excluding tert-OH is 2. The Morgan fingerprint density at radius 2 is 1.85 bits per heavy atom. The van der Waals surface area contributed by atoms with Crippen LogP contribution in [0.5, 0.6) is 17.2 Å². The van der Waals surface area contributed by atoms with Crippen LogP contribution in [-0.4, -0.2) is 130 Å². The van der Waals surface area contributed by atoms with Crippen LogP contribution < -0.4 is 25.8 Å². The summed E-state index contributed by atoms with van der Waals surface area (Å²) in [4.78, 5) is 43.4. The summed E-state index contributed by atoms with van der Waals surface area (Å²) in [5.74, 6) is -2.66. The van der Waals surface area contributed by atoms with Crippen molar-refractivity contribution in [1.82, 2.24) is 10.6 Å². The molecular weight excluding hydrogens is 949 g/mol. The van der Waals surface area contributed by atoms with Crippen molar-refractivity contribution in [2.45, 2.75) is 94.6 Å². The molecule has 0 aromatic heterocycles. The number of allylic oxidation sites excluding steroid dienone is 2. The number of nitrogens with zero attached hydrogens (tertiary/aromatic N) is 1. The van der Waals surface area contributed by atoms with Gasteiger partial charge >= 0.3 is 5.97 Å². The number of nitrogens with two attached hydrogens (primary N) is 1. The first kappa shape index (κ1) is 53.6. The molecule has 9 atom stereocenters. The second-order valence-electron chi connectivity index (χ2n) is 18.5. The molecule has 1 amide bonds. The van der Waals surface area contributed by atoms with Gasteiger partial charge in [-0.2, -0.15) is 0 Å². The summed E-state index contributed by atoms with van der Waals surface area (Å²) >= 11 is 0. The molecule has 0 aliphatic carbocycles. The van der Waals surface area contributed by atoms with Crippen molar-refractivity contribution in [2.24, 2.45) is 28.5 Å². The quantitative estimate of drug-likeness (QED) is 0.0350. The third-order valence-corrected chi connectivity index (χ3v) is 15.9. The van der Waals surface area contributed by atoms with E-state index in [2.05, 4.69) is 72.0 Å². The number of aryl methyl sites for hydroxylation is 1. The van der Waals surface area contributed by atoms with Crippen molar-refractivity contribution < 1.29 is 58.9 Å². The molecule has 4 aliphatic rings. The van der Waals surface area contributed by atoms with Gasteiger partial charge in [-0.3, -0.25) is 14.6 Å². The standard InChI is InChI=1S/C53H66N4O12S2/c1-3-4-5-8-23-55-24-10-15-35-13-7-6-12-34(35)14-9-11-33(2)41-28-57-30-52(65)51(69-47(50(63)64)48(61)53(52,31-58)66-32-71-70-29-42(41)37-22-25-56-27-37)67-39-20-21-40-43(26-39)68-46(49(54)62)44(45(40)60)36-16-18-38(59)19-17-36/h6-7,9,12-14,16-22,26-27,31,33,41-42,46-48,51,55,57,59-61,65H,3-5,8,10-11,15,23-25,28-30,32H2,1-2H3,(H2,54,62)(H,63,64). The Balaban J connectivity index is 1.14. The van der Waals surface area contributed by atoms with Crippen LogP contribution in [0.25, 0.3) is 17.4 Å². The molecule has 0 spiro atoms. The number of aliphatic carboxylic acids is 1. The summed E-state index contributed by atoms with van der Waals surface area (Å²) in [7, 11) is 2.75. The van der Waals surface area contributed by atoms with Gasteiger partial charge in [-0.1, -0.05) is 109 Å². The molecule has 2 fully saturated rings. The first-order chi connectivity index (χ1) is 34.3. The lowest BCUT2D eigenvalue weighted by atomic mass is 9.73. The van der Waals surface area contributed by atoms with Gasteiger partial charge in [-0.25, -0.2) is 4.79 Å². The second kappa shape index (κ2) is 25.0. The number of amides is 1. The zero-order chi connectivity index (χ0) is 50.5. The predicted octanol–water partition coefficient (Wildman–Crippen LogP) is 6.33. The largest absolute Gasteiger partial charge is 0.508 e. The number of carboxylic acids is 1. The minimum atomic E-state index is -2.59. The number of unbranched alkanes of at least 4 members (excludes halogenated alkanes) is 3. The number of aliphatic imine (C=N–C) groups is 1. The number of benzene rings is 3. The van der Waals surface area contributed by atoms with E-state index < -0.39 is 54.2 Å². The number of carboxylic acid groups (broad SMARTS) is 1. The molecular formula is C53H66N4O12S2. The van der Waals surface area contributed by atoms with Crippen molar-refractivity contribution in [1.29, 1.82) is 0 Å². The molecule has 0 bridgehead atoms. The van der Waals surface area contributed by atoms with Gasteiger partial charge in [0.1, 0.15) is 35.1 Å². The van der Waals surface area contributed by atoms with Gasteiger partial charge in [0, 0.05) is 24.6 Å². The number of carbonyl (C=O) groups excluding carboxylic acids is 2. The number of phenolic OH excluding ortho intramolecular Hbond substituents is 1. The minimum Gasteiger partial charge on any atom is -0.508 e. The van der Waals surface area contributed by atoms with E-state index in [9.17, 15) is 39.9 Å².